The standard InChI is InChI=1S/C13H16ClNO2S/c1-17-11-8-9(7-10(14)12(11)16)13(18)15-5-3-2-4-6-15/h7-8,16H,2-6H2,1H3. The number of hydrogen-bond donors (Lipinski definition) is 1. The van der Waals surface area contributed by atoms with Crippen molar-refractivity contribution in [1.82, 2.24) is 4.90 Å². The first kappa shape index (κ1) is 13.4. The van der Waals surface area contributed by atoms with E-state index in [-0.39, 0.29) is 10.8 Å². The average molecular weight is 286 g/mol. The predicted molar refractivity (Wildman–Crippen MR) is 76.8 cm³/mol. The average Bonchev–Trinajstić information content (AvgIpc) is 2.42. The summed E-state index contributed by atoms with van der Waals surface area (Å²) in [6.07, 6.45) is 3.60. The number of aromatic hydroxyl groups is 1. The fraction of sp³-hybridized carbons (Fsp3) is 0.462. The number of thiocarbonyl (C=S) groups is 1. The summed E-state index contributed by atoms with van der Waals surface area (Å²) in [5.74, 6) is 0.321. The molecule has 0 saturated carbocycles. The monoisotopic (exact) mass is 285 g/mol. The predicted octanol–water partition coefficient (Wildman–Crippen LogP) is 3.22. The normalized spacial score (nSPS) is 15.6. The van der Waals surface area contributed by atoms with Crippen LogP contribution in [0.15, 0.2) is 12.1 Å². The summed E-state index contributed by atoms with van der Waals surface area (Å²) >= 11 is 11.5. The Balaban J connectivity index is 2.27. The molecule has 0 aliphatic carbocycles. The van der Waals surface area contributed by atoms with Gasteiger partial charge in [0.2, 0.25) is 0 Å². The van der Waals surface area contributed by atoms with Gasteiger partial charge in [-0.2, -0.15) is 0 Å². The number of phenols is 1. The molecule has 3 nitrogen and oxygen atoms in total. The van der Waals surface area contributed by atoms with E-state index < -0.39 is 0 Å². The van der Waals surface area contributed by atoms with Crippen molar-refractivity contribution in [3.05, 3.63) is 22.7 Å². The van der Waals surface area contributed by atoms with Crippen LogP contribution in [0.2, 0.25) is 5.02 Å². The van der Waals surface area contributed by atoms with Crippen molar-refractivity contribution in [2.75, 3.05) is 20.2 Å². The summed E-state index contributed by atoms with van der Waals surface area (Å²) in [6, 6.07) is 3.43. The molecular weight excluding hydrogens is 270 g/mol. The fourth-order valence-electron chi connectivity index (χ4n) is 2.13. The van der Waals surface area contributed by atoms with E-state index in [0.29, 0.717) is 5.75 Å². The molecule has 1 N–H and O–H groups in total. The van der Waals surface area contributed by atoms with Crippen LogP contribution in [0.3, 0.4) is 0 Å². The van der Waals surface area contributed by atoms with Gasteiger partial charge in [0, 0.05) is 18.7 Å². The first-order valence-corrected chi connectivity index (χ1v) is 6.78. The molecule has 1 aromatic carbocycles. The van der Waals surface area contributed by atoms with Crippen molar-refractivity contribution in [2.45, 2.75) is 19.3 Å². The second kappa shape index (κ2) is 5.76. The van der Waals surface area contributed by atoms with Crippen molar-refractivity contribution < 1.29 is 9.84 Å². The number of methoxy groups -OCH3 is 1. The van der Waals surface area contributed by atoms with Gasteiger partial charge >= 0.3 is 0 Å². The Morgan fingerprint density at radius 2 is 2.00 bits per heavy atom. The second-order valence-corrected chi connectivity index (χ2v) is 5.16. The number of halogens is 1. The van der Waals surface area contributed by atoms with Crippen LogP contribution in [-0.4, -0.2) is 35.2 Å². The van der Waals surface area contributed by atoms with E-state index in [1.165, 1.54) is 26.4 Å². The van der Waals surface area contributed by atoms with E-state index in [1.807, 2.05) is 0 Å². The number of likely N-dealkylation sites (tertiary alicyclic amines) is 1. The smallest absolute Gasteiger partial charge is 0.176 e. The van der Waals surface area contributed by atoms with E-state index in [1.54, 1.807) is 12.1 Å². The maximum atomic E-state index is 9.70. The summed E-state index contributed by atoms with van der Waals surface area (Å²) in [6.45, 7) is 1.97. The van der Waals surface area contributed by atoms with Crippen molar-refractivity contribution in [2.24, 2.45) is 0 Å². The van der Waals surface area contributed by atoms with Crippen LogP contribution in [0, 0.1) is 0 Å². The van der Waals surface area contributed by atoms with E-state index >= 15 is 0 Å². The molecule has 1 heterocycles. The molecule has 0 spiro atoms. The summed E-state index contributed by atoms with van der Waals surface area (Å²) < 4.78 is 5.09. The molecule has 0 amide bonds. The molecule has 1 aliphatic rings. The molecule has 0 atom stereocenters. The van der Waals surface area contributed by atoms with Gasteiger partial charge in [-0.15, -0.1) is 0 Å². The number of piperidine rings is 1. The number of rotatable bonds is 2. The zero-order valence-electron chi connectivity index (χ0n) is 10.3. The Kier molecular flexibility index (Phi) is 4.30. The zero-order valence-corrected chi connectivity index (χ0v) is 11.9. The number of nitrogens with zero attached hydrogens (tertiary/aromatic N) is 1. The molecule has 1 fully saturated rings. The number of benzene rings is 1. The lowest BCUT2D eigenvalue weighted by Gasteiger charge is -2.29. The third-order valence-electron chi connectivity index (χ3n) is 3.14. The van der Waals surface area contributed by atoms with E-state index in [4.69, 9.17) is 28.6 Å². The molecule has 18 heavy (non-hydrogen) atoms. The summed E-state index contributed by atoms with van der Waals surface area (Å²) in [5, 5.41) is 9.97. The molecule has 0 radical (unpaired) electrons. The lowest BCUT2D eigenvalue weighted by atomic mass is 10.1. The van der Waals surface area contributed by atoms with Crippen LogP contribution in [0.1, 0.15) is 24.8 Å². The minimum absolute atomic E-state index is 0.0376. The highest BCUT2D eigenvalue weighted by Gasteiger charge is 2.17. The van der Waals surface area contributed by atoms with Gasteiger partial charge in [-0.3, -0.25) is 0 Å². The highest BCUT2D eigenvalue weighted by Crippen LogP contribution is 2.35. The van der Waals surface area contributed by atoms with Gasteiger partial charge in [-0.05, 0) is 31.4 Å². The highest BCUT2D eigenvalue weighted by atomic mass is 35.5. The lowest BCUT2D eigenvalue weighted by molar-refractivity contribution is 0.347. The maximum Gasteiger partial charge on any atom is 0.176 e. The Bertz CT molecular complexity index is 459. The van der Waals surface area contributed by atoms with Gasteiger partial charge in [-0.1, -0.05) is 23.8 Å². The topological polar surface area (TPSA) is 32.7 Å². The number of phenolic OH excluding ortho intramolecular Hbond substituents is 1. The molecule has 0 unspecified atom stereocenters. The minimum atomic E-state index is -0.0376. The number of ether oxygens (including phenoxy) is 1. The first-order chi connectivity index (χ1) is 8.63. The van der Waals surface area contributed by atoms with Crippen LogP contribution in [-0.2, 0) is 0 Å². The van der Waals surface area contributed by atoms with Crippen molar-refractivity contribution in [1.29, 1.82) is 0 Å². The summed E-state index contributed by atoms with van der Waals surface area (Å²) in [7, 11) is 1.50. The van der Waals surface area contributed by atoms with Crippen molar-refractivity contribution >= 4 is 28.8 Å². The van der Waals surface area contributed by atoms with E-state index in [9.17, 15) is 5.11 Å². The first-order valence-electron chi connectivity index (χ1n) is 5.99. The Labute approximate surface area is 117 Å². The van der Waals surface area contributed by atoms with Gasteiger partial charge < -0.3 is 14.7 Å². The molecular formula is C13H16ClNO2S. The quantitative estimate of drug-likeness (QED) is 0.846. The summed E-state index contributed by atoms with van der Waals surface area (Å²) in [4.78, 5) is 2.95. The third-order valence-corrected chi connectivity index (χ3v) is 3.92. The van der Waals surface area contributed by atoms with Crippen LogP contribution in [0.25, 0.3) is 0 Å². The largest absolute Gasteiger partial charge is 0.503 e. The van der Waals surface area contributed by atoms with Crippen LogP contribution in [0.4, 0.5) is 0 Å². The molecule has 5 heteroatoms. The molecule has 0 bridgehead atoms. The number of hydrogen-bond acceptors (Lipinski definition) is 3. The zero-order chi connectivity index (χ0) is 13.1. The molecule has 1 aliphatic heterocycles. The fourth-order valence-corrected chi connectivity index (χ4v) is 2.64. The van der Waals surface area contributed by atoms with Crippen molar-refractivity contribution in [3.63, 3.8) is 0 Å². The van der Waals surface area contributed by atoms with Gasteiger partial charge in [0.1, 0.15) is 4.99 Å². The Hall–Kier alpha value is -1.00. The van der Waals surface area contributed by atoms with E-state index in [2.05, 4.69) is 4.90 Å². The molecule has 98 valence electrons. The van der Waals surface area contributed by atoms with Gasteiger partial charge in [-0.25, -0.2) is 0 Å². The third kappa shape index (κ3) is 2.70. The van der Waals surface area contributed by atoms with E-state index in [0.717, 1.165) is 23.6 Å². The van der Waals surface area contributed by atoms with Gasteiger partial charge in [0.05, 0.1) is 12.1 Å². The second-order valence-electron chi connectivity index (χ2n) is 4.36. The lowest BCUT2D eigenvalue weighted by Crippen LogP contribution is -2.34. The van der Waals surface area contributed by atoms with Crippen LogP contribution >= 0.6 is 23.8 Å². The molecule has 2 rings (SSSR count). The molecule has 0 aromatic heterocycles. The maximum absolute atomic E-state index is 9.70. The molecule has 1 saturated heterocycles. The highest BCUT2D eigenvalue weighted by molar-refractivity contribution is 7.80. The Morgan fingerprint density at radius 3 is 2.61 bits per heavy atom. The van der Waals surface area contributed by atoms with Gasteiger partial charge in [0.25, 0.3) is 0 Å². The van der Waals surface area contributed by atoms with Crippen LogP contribution < -0.4 is 4.74 Å². The molecule has 1 aromatic rings. The van der Waals surface area contributed by atoms with Crippen molar-refractivity contribution in [3.8, 4) is 11.5 Å². The minimum Gasteiger partial charge on any atom is -0.503 e. The summed E-state index contributed by atoms with van der Waals surface area (Å²) in [5.41, 5.74) is 0.826. The SMILES string of the molecule is COc1cc(C(=S)N2CCCCC2)cc(Cl)c1O. The van der Waals surface area contributed by atoms with Gasteiger partial charge in [0.15, 0.2) is 11.5 Å². The Morgan fingerprint density at radius 1 is 1.33 bits per heavy atom. The van der Waals surface area contributed by atoms with Crippen LogP contribution in [0.5, 0.6) is 11.5 Å².